The fourth-order valence-electron chi connectivity index (χ4n) is 2.67. The van der Waals surface area contributed by atoms with Crippen molar-refractivity contribution in [3.05, 3.63) is 64.1 Å². The Kier molecular flexibility index (Phi) is 4.02. The standard InChI is InChI=1S/C16H17N3O3/c20-14-8-7-13(18-19-14)11-17-15(21)16(9-4-10-22-16)12-5-2-1-3-6-12/h1-3,5-8H,4,9-11H2,(H,17,21)(H,19,20). The lowest BCUT2D eigenvalue weighted by molar-refractivity contribution is -0.142. The molecule has 1 aliphatic rings. The van der Waals surface area contributed by atoms with Gasteiger partial charge in [0.1, 0.15) is 0 Å². The Bertz CT molecular complexity index is 686. The van der Waals surface area contributed by atoms with Crippen LogP contribution >= 0.6 is 0 Å². The van der Waals surface area contributed by atoms with Crippen molar-refractivity contribution >= 4 is 5.91 Å². The van der Waals surface area contributed by atoms with Gasteiger partial charge in [0.05, 0.1) is 12.2 Å². The van der Waals surface area contributed by atoms with E-state index in [2.05, 4.69) is 15.5 Å². The summed E-state index contributed by atoms with van der Waals surface area (Å²) >= 11 is 0. The highest BCUT2D eigenvalue weighted by molar-refractivity contribution is 5.86. The summed E-state index contributed by atoms with van der Waals surface area (Å²) in [6.07, 6.45) is 1.50. The summed E-state index contributed by atoms with van der Waals surface area (Å²) in [4.78, 5) is 23.7. The number of H-pyrrole nitrogens is 1. The number of carbonyl (C=O) groups excluding carboxylic acids is 1. The molecule has 0 radical (unpaired) electrons. The molecule has 1 saturated heterocycles. The lowest BCUT2D eigenvalue weighted by Gasteiger charge is -2.27. The molecule has 2 heterocycles. The van der Waals surface area contributed by atoms with Crippen molar-refractivity contribution in [3.8, 4) is 0 Å². The van der Waals surface area contributed by atoms with Gasteiger partial charge in [0.2, 0.25) is 0 Å². The van der Waals surface area contributed by atoms with Crippen molar-refractivity contribution in [2.75, 3.05) is 6.61 Å². The summed E-state index contributed by atoms with van der Waals surface area (Å²) in [5, 5.41) is 9.08. The molecule has 1 fully saturated rings. The third kappa shape index (κ3) is 2.78. The molecule has 2 N–H and O–H groups in total. The van der Waals surface area contributed by atoms with E-state index in [1.165, 1.54) is 6.07 Å². The van der Waals surface area contributed by atoms with E-state index < -0.39 is 5.60 Å². The van der Waals surface area contributed by atoms with Crippen LogP contribution in [0.5, 0.6) is 0 Å². The average molecular weight is 299 g/mol. The molecule has 3 rings (SSSR count). The number of aromatic amines is 1. The Balaban J connectivity index is 1.76. The number of benzene rings is 1. The van der Waals surface area contributed by atoms with Crippen LogP contribution in [0.2, 0.25) is 0 Å². The molecular formula is C16H17N3O3. The number of hydrogen-bond donors (Lipinski definition) is 2. The molecule has 0 aliphatic carbocycles. The van der Waals surface area contributed by atoms with Gasteiger partial charge in [-0.1, -0.05) is 30.3 Å². The van der Waals surface area contributed by atoms with Crippen LogP contribution in [0.1, 0.15) is 24.1 Å². The fourth-order valence-corrected chi connectivity index (χ4v) is 2.67. The van der Waals surface area contributed by atoms with Crippen LogP contribution < -0.4 is 10.9 Å². The second kappa shape index (κ2) is 6.11. The van der Waals surface area contributed by atoms with Gasteiger partial charge in [0.15, 0.2) is 5.60 Å². The van der Waals surface area contributed by atoms with Crippen molar-refractivity contribution in [3.63, 3.8) is 0 Å². The Labute approximate surface area is 127 Å². The number of nitrogens with zero attached hydrogens (tertiary/aromatic N) is 1. The van der Waals surface area contributed by atoms with Gasteiger partial charge in [0.25, 0.3) is 11.5 Å². The van der Waals surface area contributed by atoms with E-state index in [9.17, 15) is 9.59 Å². The van der Waals surface area contributed by atoms with Crippen LogP contribution in [0.3, 0.4) is 0 Å². The minimum absolute atomic E-state index is 0.177. The molecule has 1 atom stereocenters. The highest BCUT2D eigenvalue weighted by Crippen LogP contribution is 2.36. The summed E-state index contributed by atoms with van der Waals surface area (Å²) in [5.41, 5.74) is 0.257. The van der Waals surface area contributed by atoms with Crippen molar-refractivity contribution in [2.45, 2.75) is 25.0 Å². The Morgan fingerprint density at radius 2 is 2.09 bits per heavy atom. The third-order valence-corrected chi connectivity index (χ3v) is 3.80. The predicted octanol–water partition coefficient (Wildman–Crippen LogP) is 1.09. The number of amides is 1. The van der Waals surface area contributed by atoms with Crippen LogP contribution in [-0.4, -0.2) is 22.7 Å². The molecular weight excluding hydrogens is 282 g/mol. The molecule has 1 aromatic carbocycles. The first kappa shape index (κ1) is 14.5. The Morgan fingerprint density at radius 3 is 2.73 bits per heavy atom. The molecule has 0 spiro atoms. The van der Waals surface area contributed by atoms with E-state index in [0.717, 1.165) is 12.0 Å². The minimum atomic E-state index is -0.927. The number of aromatic nitrogens is 2. The summed E-state index contributed by atoms with van der Waals surface area (Å²) in [6.45, 7) is 0.812. The van der Waals surface area contributed by atoms with Crippen molar-refractivity contribution in [1.29, 1.82) is 0 Å². The normalized spacial score (nSPS) is 20.7. The van der Waals surface area contributed by atoms with Gasteiger partial charge < -0.3 is 10.1 Å². The van der Waals surface area contributed by atoms with Crippen LogP contribution in [0, 0.1) is 0 Å². The third-order valence-electron chi connectivity index (χ3n) is 3.80. The SMILES string of the molecule is O=C(NCc1ccc(=O)[nH]n1)C1(c2ccccc2)CCCO1. The van der Waals surface area contributed by atoms with E-state index in [0.29, 0.717) is 18.7 Å². The maximum Gasteiger partial charge on any atom is 0.264 e. The van der Waals surface area contributed by atoms with Gasteiger partial charge in [-0.3, -0.25) is 9.59 Å². The van der Waals surface area contributed by atoms with Gasteiger partial charge in [-0.15, -0.1) is 0 Å². The highest BCUT2D eigenvalue weighted by atomic mass is 16.5. The summed E-state index contributed by atoms with van der Waals surface area (Å²) in [7, 11) is 0. The molecule has 1 aliphatic heterocycles. The molecule has 1 unspecified atom stereocenters. The molecule has 6 nitrogen and oxygen atoms in total. The number of carbonyl (C=O) groups is 1. The Hall–Kier alpha value is -2.47. The highest BCUT2D eigenvalue weighted by Gasteiger charge is 2.44. The fraction of sp³-hybridized carbons (Fsp3) is 0.312. The maximum atomic E-state index is 12.7. The van der Waals surface area contributed by atoms with E-state index in [1.807, 2.05) is 30.3 Å². The molecule has 0 bridgehead atoms. The Morgan fingerprint density at radius 1 is 1.27 bits per heavy atom. The summed E-state index contributed by atoms with van der Waals surface area (Å²) < 4.78 is 5.81. The summed E-state index contributed by atoms with van der Waals surface area (Å²) in [5.74, 6) is -0.177. The number of hydrogen-bond acceptors (Lipinski definition) is 4. The maximum absolute atomic E-state index is 12.7. The molecule has 2 aromatic rings. The van der Waals surface area contributed by atoms with Gasteiger partial charge in [-0.05, 0) is 24.5 Å². The smallest absolute Gasteiger partial charge is 0.264 e. The second-order valence-corrected chi connectivity index (χ2v) is 5.24. The average Bonchev–Trinajstić information content (AvgIpc) is 3.06. The zero-order valence-electron chi connectivity index (χ0n) is 12.0. The van der Waals surface area contributed by atoms with E-state index in [1.54, 1.807) is 6.07 Å². The quantitative estimate of drug-likeness (QED) is 0.885. The van der Waals surface area contributed by atoms with Gasteiger partial charge in [-0.25, -0.2) is 5.10 Å². The molecule has 22 heavy (non-hydrogen) atoms. The lowest BCUT2D eigenvalue weighted by atomic mass is 9.90. The van der Waals surface area contributed by atoms with Crippen LogP contribution in [0.25, 0.3) is 0 Å². The first-order valence-electron chi connectivity index (χ1n) is 7.23. The van der Waals surface area contributed by atoms with Crippen LogP contribution in [0.4, 0.5) is 0 Å². The molecule has 0 saturated carbocycles. The number of rotatable bonds is 4. The van der Waals surface area contributed by atoms with E-state index >= 15 is 0 Å². The predicted molar refractivity (Wildman–Crippen MR) is 80.0 cm³/mol. The zero-order chi connectivity index (χ0) is 15.4. The second-order valence-electron chi connectivity index (χ2n) is 5.24. The van der Waals surface area contributed by atoms with Gasteiger partial charge in [0, 0.05) is 12.7 Å². The monoisotopic (exact) mass is 299 g/mol. The number of ether oxygens (including phenoxy) is 1. The number of nitrogens with one attached hydrogen (secondary N) is 2. The van der Waals surface area contributed by atoms with Gasteiger partial charge in [-0.2, -0.15) is 5.10 Å². The summed E-state index contributed by atoms with van der Waals surface area (Å²) in [6, 6.07) is 12.5. The minimum Gasteiger partial charge on any atom is -0.360 e. The van der Waals surface area contributed by atoms with Crippen molar-refractivity contribution in [1.82, 2.24) is 15.5 Å². The first-order valence-corrected chi connectivity index (χ1v) is 7.23. The molecule has 114 valence electrons. The van der Waals surface area contributed by atoms with Gasteiger partial charge >= 0.3 is 0 Å². The van der Waals surface area contributed by atoms with Crippen LogP contribution in [0.15, 0.2) is 47.3 Å². The molecule has 1 amide bonds. The lowest BCUT2D eigenvalue weighted by Crippen LogP contribution is -2.44. The largest absolute Gasteiger partial charge is 0.360 e. The zero-order valence-corrected chi connectivity index (χ0v) is 12.0. The topological polar surface area (TPSA) is 84.1 Å². The van der Waals surface area contributed by atoms with Crippen molar-refractivity contribution in [2.24, 2.45) is 0 Å². The molecule has 1 aromatic heterocycles. The van der Waals surface area contributed by atoms with E-state index in [4.69, 9.17) is 4.74 Å². The first-order chi connectivity index (χ1) is 10.7. The van der Waals surface area contributed by atoms with Crippen molar-refractivity contribution < 1.29 is 9.53 Å². The van der Waals surface area contributed by atoms with E-state index in [-0.39, 0.29) is 18.0 Å². The van der Waals surface area contributed by atoms with Crippen LogP contribution in [-0.2, 0) is 21.7 Å². The molecule has 6 heteroatoms.